The van der Waals surface area contributed by atoms with E-state index in [0.29, 0.717) is 5.25 Å². The van der Waals surface area contributed by atoms with Gasteiger partial charge in [-0.05, 0) is 28.2 Å². The fourth-order valence-corrected chi connectivity index (χ4v) is 3.35. The molecule has 1 saturated heterocycles. The molecule has 1 aromatic rings. The van der Waals surface area contributed by atoms with E-state index in [1.54, 1.807) is 5.57 Å². The number of hydrogen-bond donors (Lipinski definition) is 0. The van der Waals surface area contributed by atoms with Crippen LogP contribution in [0, 0.1) is 0 Å². The SMILES string of the molecule is C1=c2ccccc2=C2CCSC12. The first-order chi connectivity index (χ1) is 5.95. The third-order valence-corrected chi connectivity index (χ3v) is 3.87. The third-order valence-electron chi connectivity index (χ3n) is 2.65. The zero-order valence-corrected chi connectivity index (χ0v) is 7.60. The van der Waals surface area contributed by atoms with E-state index in [-0.39, 0.29) is 0 Å². The molecule has 1 aliphatic carbocycles. The molecule has 0 amide bonds. The monoisotopic (exact) mass is 174 g/mol. The minimum absolute atomic E-state index is 0.711. The minimum atomic E-state index is 0.711. The van der Waals surface area contributed by atoms with Crippen molar-refractivity contribution in [3.8, 4) is 0 Å². The lowest BCUT2D eigenvalue weighted by Gasteiger charge is -1.97. The third kappa shape index (κ3) is 0.802. The van der Waals surface area contributed by atoms with Gasteiger partial charge in [0.25, 0.3) is 0 Å². The molecule has 0 N–H and O–H groups in total. The van der Waals surface area contributed by atoms with Gasteiger partial charge < -0.3 is 0 Å². The van der Waals surface area contributed by atoms with Crippen molar-refractivity contribution in [2.24, 2.45) is 0 Å². The molecule has 0 nitrogen and oxygen atoms in total. The molecule has 12 heavy (non-hydrogen) atoms. The zero-order valence-electron chi connectivity index (χ0n) is 6.79. The fourth-order valence-electron chi connectivity index (χ4n) is 2.07. The Bertz CT molecular complexity index is 431. The number of benzene rings is 1. The van der Waals surface area contributed by atoms with E-state index < -0.39 is 0 Å². The summed E-state index contributed by atoms with van der Waals surface area (Å²) in [4.78, 5) is 0. The fraction of sp³-hybridized carbons (Fsp3) is 0.273. The molecule has 1 heterocycles. The van der Waals surface area contributed by atoms with Crippen molar-refractivity contribution < 1.29 is 0 Å². The first-order valence-corrected chi connectivity index (χ1v) is 5.41. The summed E-state index contributed by atoms with van der Waals surface area (Å²) < 4.78 is 0. The molecule has 1 aliphatic heterocycles. The Kier molecular flexibility index (Phi) is 1.36. The predicted molar refractivity (Wildman–Crippen MR) is 54.4 cm³/mol. The Balaban J connectivity index is 2.42. The summed E-state index contributed by atoms with van der Waals surface area (Å²) in [5.41, 5.74) is 1.66. The van der Waals surface area contributed by atoms with Gasteiger partial charge in [-0.1, -0.05) is 30.3 Å². The lowest BCUT2D eigenvalue weighted by molar-refractivity contribution is 1.26. The van der Waals surface area contributed by atoms with Gasteiger partial charge in [0.05, 0.1) is 0 Å². The van der Waals surface area contributed by atoms with Crippen LogP contribution in [0.25, 0.3) is 11.6 Å². The Morgan fingerprint density at radius 3 is 3.17 bits per heavy atom. The highest BCUT2D eigenvalue weighted by Crippen LogP contribution is 2.33. The number of thioether (sulfide) groups is 1. The maximum Gasteiger partial charge on any atom is 0.0455 e. The van der Waals surface area contributed by atoms with Crippen LogP contribution in [0.5, 0.6) is 0 Å². The van der Waals surface area contributed by atoms with E-state index in [4.69, 9.17) is 0 Å². The van der Waals surface area contributed by atoms with Gasteiger partial charge in [-0.25, -0.2) is 0 Å². The van der Waals surface area contributed by atoms with Gasteiger partial charge in [-0.2, -0.15) is 0 Å². The standard InChI is InChI=1S/C11H10S/c1-2-4-9-8(3-1)7-11-10(9)5-6-12-11/h1-4,7,11H,5-6H2. The van der Waals surface area contributed by atoms with E-state index in [0.717, 1.165) is 0 Å². The summed E-state index contributed by atoms with van der Waals surface area (Å²) in [5.74, 6) is 1.31. The largest absolute Gasteiger partial charge is 0.150 e. The average molecular weight is 174 g/mol. The summed E-state index contributed by atoms with van der Waals surface area (Å²) in [6, 6.07) is 8.75. The number of fused-ring (bicyclic) bond motifs is 2. The van der Waals surface area contributed by atoms with Crippen LogP contribution in [0.1, 0.15) is 6.42 Å². The molecule has 2 aliphatic rings. The highest BCUT2D eigenvalue weighted by atomic mass is 32.2. The van der Waals surface area contributed by atoms with Crippen molar-refractivity contribution >= 4 is 23.4 Å². The van der Waals surface area contributed by atoms with Crippen LogP contribution in [0.4, 0.5) is 0 Å². The van der Waals surface area contributed by atoms with E-state index >= 15 is 0 Å². The van der Waals surface area contributed by atoms with Crippen LogP contribution in [0.3, 0.4) is 0 Å². The highest BCUT2D eigenvalue weighted by molar-refractivity contribution is 8.01. The van der Waals surface area contributed by atoms with Crippen molar-refractivity contribution in [2.45, 2.75) is 11.7 Å². The van der Waals surface area contributed by atoms with Crippen molar-refractivity contribution in [1.29, 1.82) is 0 Å². The van der Waals surface area contributed by atoms with E-state index in [9.17, 15) is 0 Å². The van der Waals surface area contributed by atoms with Gasteiger partial charge in [-0.3, -0.25) is 0 Å². The van der Waals surface area contributed by atoms with Gasteiger partial charge in [0.15, 0.2) is 0 Å². The molecule has 1 heteroatoms. The van der Waals surface area contributed by atoms with Gasteiger partial charge >= 0.3 is 0 Å². The topological polar surface area (TPSA) is 0 Å². The zero-order chi connectivity index (χ0) is 7.97. The van der Waals surface area contributed by atoms with Crippen LogP contribution in [-0.2, 0) is 0 Å². The molecule has 1 unspecified atom stereocenters. The summed E-state index contributed by atoms with van der Waals surface area (Å²) in [6.07, 6.45) is 3.70. The van der Waals surface area contributed by atoms with Gasteiger partial charge in [0.2, 0.25) is 0 Å². The van der Waals surface area contributed by atoms with Gasteiger partial charge in [-0.15, -0.1) is 11.8 Å². The molecule has 0 bridgehead atoms. The number of hydrogen-bond acceptors (Lipinski definition) is 1. The Hall–Kier alpha value is -0.690. The molecule has 3 rings (SSSR count). The van der Waals surface area contributed by atoms with Crippen LogP contribution in [0.15, 0.2) is 24.3 Å². The molecule has 1 aromatic carbocycles. The van der Waals surface area contributed by atoms with Crippen molar-refractivity contribution in [2.75, 3.05) is 5.75 Å². The summed E-state index contributed by atoms with van der Waals surface area (Å²) in [7, 11) is 0. The first kappa shape index (κ1) is 6.79. The minimum Gasteiger partial charge on any atom is -0.150 e. The summed E-state index contributed by atoms with van der Waals surface area (Å²) >= 11 is 2.08. The molecule has 0 spiro atoms. The number of rotatable bonds is 0. The van der Waals surface area contributed by atoms with Crippen molar-refractivity contribution in [1.82, 2.24) is 0 Å². The molecule has 1 atom stereocenters. The smallest absolute Gasteiger partial charge is 0.0455 e. The molecule has 1 fully saturated rings. The van der Waals surface area contributed by atoms with E-state index in [1.165, 1.54) is 22.6 Å². The lowest BCUT2D eigenvalue weighted by Crippen LogP contribution is -2.21. The first-order valence-electron chi connectivity index (χ1n) is 4.37. The summed E-state index contributed by atoms with van der Waals surface area (Å²) in [6.45, 7) is 0. The maximum absolute atomic E-state index is 2.41. The average Bonchev–Trinajstić information content (AvgIpc) is 2.62. The molecule has 0 saturated carbocycles. The second kappa shape index (κ2) is 2.40. The molecule has 0 radical (unpaired) electrons. The Morgan fingerprint density at radius 2 is 2.17 bits per heavy atom. The molecule has 0 aromatic heterocycles. The highest BCUT2D eigenvalue weighted by Gasteiger charge is 2.23. The van der Waals surface area contributed by atoms with Gasteiger partial charge in [0.1, 0.15) is 0 Å². The van der Waals surface area contributed by atoms with Gasteiger partial charge in [0, 0.05) is 5.25 Å². The van der Waals surface area contributed by atoms with Crippen LogP contribution in [0.2, 0.25) is 0 Å². The van der Waals surface area contributed by atoms with Crippen LogP contribution in [-0.4, -0.2) is 11.0 Å². The second-order valence-corrected chi connectivity index (χ2v) is 4.57. The lowest BCUT2D eigenvalue weighted by atomic mass is 10.1. The molecule has 60 valence electrons. The Morgan fingerprint density at radius 1 is 1.25 bits per heavy atom. The van der Waals surface area contributed by atoms with Crippen molar-refractivity contribution in [3.05, 3.63) is 34.7 Å². The second-order valence-electron chi connectivity index (χ2n) is 3.32. The normalized spacial score (nSPS) is 25.0. The van der Waals surface area contributed by atoms with Crippen molar-refractivity contribution in [3.63, 3.8) is 0 Å². The molecular formula is C11H10S. The quantitative estimate of drug-likeness (QED) is 0.568. The predicted octanol–water partition coefficient (Wildman–Crippen LogP) is 1.14. The van der Waals surface area contributed by atoms with E-state index in [1.807, 2.05) is 0 Å². The van der Waals surface area contributed by atoms with Crippen LogP contribution >= 0.6 is 11.8 Å². The maximum atomic E-state index is 2.41. The van der Waals surface area contributed by atoms with E-state index in [2.05, 4.69) is 42.1 Å². The van der Waals surface area contributed by atoms with Crippen LogP contribution < -0.4 is 10.4 Å². The molecular weight excluding hydrogens is 164 g/mol. The Labute approximate surface area is 76.0 Å². The summed E-state index contributed by atoms with van der Waals surface area (Å²) in [5, 5.41) is 3.67.